The number of hydrogen-bond acceptors (Lipinski definition) is 5. The number of rotatable bonds is 5. The molecule has 2 N–H and O–H groups in total. The van der Waals surface area contributed by atoms with Crippen LogP contribution >= 0.6 is 0 Å². The fourth-order valence-corrected chi connectivity index (χ4v) is 3.55. The Labute approximate surface area is 148 Å². The van der Waals surface area contributed by atoms with Crippen LogP contribution in [0.5, 0.6) is 0 Å². The summed E-state index contributed by atoms with van der Waals surface area (Å²) < 4.78 is 5.44. The number of aromatic nitrogens is 1. The fraction of sp³-hybridized carbons (Fsp3) is 0.400. The van der Waals surface area contributed by atoms with Crippen LogP contribution in [-0.4, -0.2) is 24.0 Å². The molecule has 1 saturated heterocycles. The molecule has 0 unspecified atom stereocenters. The molecule has 5 heteroatoms. The molecular formula is C20H25N3O2. The lowest BCUT2D eigenvalue weighted by Crippen LogP contribution is -2.40. The largest absolute Gasteiger partial charge is 0.461 e. The Balaban J connectivity index is 1.56. The van der Waals surface area contributed by atoms with Gasteiger partial charge in [0, 0.05) is 19.3 Å². The van der Waals surface area contributed by atoms with Crippen molar-refractivity contribution < 1.29 is 9.53 Å². The molecular weight excluding hydrogens is 314 g/mol. The van der Waals surface area contributed by atoms with Gasteiger partial charge in [-0.05, 0) is 29.9 Å². The smallest absolute Gasteiger partial charge is 0.306 e. The van der Waals surface area contributed by atoms with Crippen LogP contribution in [0.15, 0.2) is 48.8 Å². The molecule has 1 aliphatic rings. The zero-order chi connectivity index (χ0) is 17.6. The molecule has 2 aromatic rings. The summed E-state index contributed by atoms with van der Waals surface area (Å²) in [6.07, 6.45) is 4.91. The van der Waals surface area contributed by atoms with Gasteiger partial charge in [0.1, 0.15) is 6.61 Å². The first-order valence-electron chi connectivity index (χ1n) is 8.76. The molecule has 2 atom stereocenters. The van der Waals surface area contributed by atoms with E-state index in [0.717, 1.165) is 30.8 Å². The number of ether oxygens (including phenoxy) is 1. The van der Waals surface area contributed by atoms with Crippen LogP contribution in [0.3, 0.4) is 0 Å². The summed E-state index contributed by atoms with van der Waals surface area (Å²) in [5.74, 6) is 0.651. The van der Waals surface area contributed by atoms with E-state index in [1.165, 1.54) is 0 Å². The van der Waals surface area contributed by atoms with Crippen LogP contribution in [0.4, 0.5) is 11.4 Å². The molecule has 3 rings (SSSR count). The van der Waals surface area contributed by atoms with Gasteiger partial charge >= 0.3 is 5.97 Å². The predicted octanol–water partition coefficient (Wildman–Crippen LogP) is 3.26. The number of nitrogen functional groups attached to an aromatic ring is 1. The first kappa shape index (κ1) is 17.3. The lowest BCUT2D eigenvalue weighted by Gasteiger charge is -2.38. The monoisotopic (exact) mass is 339 g/mol. The van der Waals surface area contributed by atoms with Gasteiger partial charge in [0.2, 0.25) is 0 Å². The molecule has 25 heavy (non-hydrogen) atoms. The summed E-state index contributed by atoms with van der Waals surface area (Å²) in [6.45, 7) is 4.32. The number of esters is 1. The third-order valence-corrected chi connectivity index (χ3v) is 4.61. The number of pyridine rings is 1. The predicted molar refractivity (Wildman–Crippen MR) is 99.0 cm³/mol. The number of anilines is 2. The fourth-order valence-electron chi connectivity index (χ4n) is 3.55. The lowest BCUT2D eigenvalue weighted by atomic mass is 9.88. The van der Waals surface area contributed by atoms with Crippen molar-refractivity contribution in [3.05, 3.63) is 54.4 Å². The normalized spacial score (nSPS) is 20.3. The van der Waals surface area contributed by atoms with Gasteiger partial charge in [-0.15, -0.1) is 0 Å². The number of nitrogens with two attached hydrogens (primary N) is 1. The van der Waals surface area contributed by atoms with E-state index in [1.54, 1.807) is 12.4 Å². The number of hydrogen-bond donors (Lipinski definition) is 1. The van der Waals surface area contributed by atoms with Gasteiger partial charge < -0.3 is 15.4 Å². The summed E-state index contributed by atoms with van der Waals surface area (Å²) in [7, 11) is 0. The Morgan fingerprint density at radius 3 is 2.84 bits per heavy atom. The molecule has 1 aromatic heterocycles. The average Bonchev–Trinajstić information content (AvgIpc) is 2.61. The van der Waals surface area contributed by atoms with Crippen molar-refractivity contribution in [3.63, 3.8) is 0 Å². The summed E-state index contributed by atoms with van der Waals surface area (Å²) in [5.41, 5.74) is 8.76. The number of carbonyl (C=O) groups is 1. The second-order valence-electron chi connectivity index (χ2n) is 6.90. The third kappa shape index (κ3) is 4.72. The molecule has 0 aliphatic carbocycles. The highest BCUT2D eigenvalue weighted by Crippen LogP contribution is 2.31. The van der Waals surface area contributed by atoms with Crippen molar-refractivity contribution in [2.75, 3.05) is 23.7 Å². The van der Waals surface area contributed by atoms with E-state index in [-0.39, 0.29) is 11.9 Å². The molecule has 0 amide bonds. The number of carbonyl (C=O) groups excluding carboxylic acids is 1. The zero-order valence-electron chi connectivity index (χ0n) is 14.6. The van der Waals surface area contributed by atoms with Crippen molar-refractivity contribution in [1.29, 1.82) is 0 Å². The molecule has 132 valence electrons. The van der Waals surface area contributed by atoms with Crippen molar-refractivity contribution in [3.8, 4) is 0 Å². The third-order valence-electron chi connectivity index (χ3n) is 4.61. The minimum Gasteiger partial charge on any atom is -0.461 e. The van der Waals surface area contributed by atoms with Crippen molar-refractivity contribution >= 4 is 17.3 Å². The molecule has 0 bridgehead atoms. The summed E-state index contributed by atoms with van der Waals surface area (Å²) in [6, 6.07) is 11.7. The topological polar surface area (TPSA) is 68.5 Å². The van der Waals surface area contributed by atoms with Crippen LogP contribution in [0.25, 0.3) is 0 Å². The second-order valence-corrected chi connectivity index (χ2v) is 6.90. The maximum absolute atomic E-state index is 12.2. The maximum atomic E-state index is 12.2. The van der Waals surface area contributed by atoms with Crippen LogP contribution in [-0.2, 0) is 16.1 Å². The van der Waals surface area contributed by atoms with E-state index >= 15 is 0 Å². The molecule has 1 aromatic carbocycles. The molecule has 0 radical (unpaired) electrons. The average molecular weight is 339 g/mol. The SMILES string of the molecule is C[C@@H]1C[C@H](CC(=O)OCc2ccccc2)CN(c2ccncc2N)C1. The maximum Gasteiger partial charge on any atom is 0.306 e. The highest BCUT2D eigenvalue weighted by atomic mass is 16.5. The minimum atomic E-state index is -0.134. The Hall–Kier alpha value is -2.56. The molecule has 0 saturated carbocycles. The van der Waals surface area contributed by atoms with Crippen molar-refractivity contribution in [2.24, 2.45) is 11.8 Å². The van der Waals surface area contributed by atoms with E-state index in [1.807, 2.05) is 36.4 Å². The molecule has 1 aliphatic heterocycles. The highest BCUT2D eigenvalue weighted by Gasteiger charge is 2.28. The van der Waals surface area contributed by atoms with Crippen molar-refractivity contribution in [1.82, 2.24) is 4.98 Å². The molecule has 5 nitrogen and oxygen atoms in total. The Bertz CT molecular complexity index is 705. The highest BCUT2D eigenvalue weighted by molar-refractivity contribution is 5.70. The van der Waals surface area contributed by atoms with Gasteiger partial charge in [0.25, 0.3) is 0 Å². The van der Waals surface area contributed by atoms with Gasteiger partial charge in [-0.1, -0.05) is 37.3 Å². The van der Waals surface area contributed by atoms with Gasteiger partial charge in [0.15, 0.2) is 0 Å². The molecule has 2 heterocycles. The first-order chi connectivity index (χ1) is 12.1. The number of benzene rings is 1. The van der Waals surface area contributed by atoms with Crippen LogP contribution in [0.2, 0.25) is 0 Å². The standard InChI is InChI=1S/C20H25N3O2/c1-15-9-17(10-20(24)25-14-16-5-3-2-4-6-16)13-23(12-15)19-7-8-22-11-18(19)21/h2-8,11,15,17H,9-10,12-14,21H2,1H3/t15-,17-/m1/s1. The van der Waals surface area contributed by atoms with Gasteiger partial charge in [-0.2, -0.15) is 0 Å². The second kappa shape index (κ2) is 8.01. The Morgan fingerprint density at radius 2 is 2.08 bits per heavy atom. The van der Waals surface area contributed by atoms with Crippen LogP contribution in [0.1, 0.15) is 25.3 Å². The molecule has 0 spiro atoms. The van der Waals surface area contributed by atoms with Gasteiger partial charge in [0.05, 0.1) is 24.0 Å². The van der Waals surface area contributed by atoms with E-state index < -0.39 is 0 Å². The van der Waals surface area contributed by atoms with E-state index in [4.69, 9.17) is 10.5 Å². The minimum absolute atomic E-state index is 0.134. The van der Waals surface area contributed by atoms with Crippen LogP contribution in [0, 0.1) is 11.8 Å². The van der Waals surface area contributed by atoms with Crippen molar-refractivity contribution in [2.45, 2.75) is 26.4 Å². The summed E-state index contributed by atoms with van der Waals surface area (Å²) >= 11 is 0. The lowest BCUT2D eigenvalue weighted by molar-refractivity contribution is -0.146. The number of nitrogens with zero attached hydrogens (tertiary/aromatic N) is 2. The van der Waals surface area contributed by atoms with E-state index in [0.29, 0.717) is 24.6 Å². The molecule has 1 fully saturated rings. The quantitative estimate of drug-likeness (QED) is 0.847. The van der Waals surface area contributed by atoms with E-state index in [9.17, 15) is 4.79 Å². The summed E-state index contributed by atoms with van der Waals surface area (Å²) in [5, 5.41) is 0. The van der Waals surface area contributed by atoms with Crippen LogP contribution < -0.4 is 10.6 Å². The first-order valence-corrected chi connectivity index (χ1v) is 8.76. The van der Waals surface area contributed by atoms with Gasteiger partial charge in [-0.25, -0.2) is 0 Å². The zero-order valence-corrected chi connectivity index (χ0v) is 14.6. The Kier molecular flexibility index (Phi) is 5.53. The van der Waals surface area contributed by atoms with Gasteiger partial charge in [-0.3, -0.25) is 9.78 Å². The number of piperidine rings is 1. The van der Waals surface area contributed by atoms with E-state index in [2.05, 4.69) is 16.8 Å². The summed E-state index contributed by atoms with van der Waals surface area (Å²) in [4.78, 5) is 18.5. The Morgan fingerprint density at radius 1 is 1.28 bits per heavy atom.